The van der Waals surface area contributed by atoms with Crippen molar-refractivity contribution in [3.63, 3.8) is 0 Å². The average Bonchev–Trinajstić information content (AvgIpc) is 2.80. The van der Waals surface area contributed by atoms with Gasteiger partial charge in [0, 0.05) is 0 Å². The Hall–Kier alpha value is -2.49. The molecule has 0 radical (unpaired) electrons. The van der Waals surface area contributed by atoms with Crippen molar-refractivity contribution in [2.24, 2.45) is 5.92 Å². The number of hydrogen-bond donors (Lipinski definition) is 0. The molecule has 2 aromatic carbocycles. The van der Waals surface area contributed by atoms with Gasteiger partial charge < -0.3 is 0 Å². The van der Waals surface area contributed by atoms with Crippen molar-refractivity contribution in [2.45, 2.75) is 46.0 Å². The van der Waals surface area contributed by atoms with Crippen molar-refractivity contribution >= 4 is 15.0 Å². The molecular weight excluding hydrogens is 425 g/mol. The summed E-state index contributed by atoms with van der Waals surface area (Å²) in [6.45, 7) is 4.97. The Morgan fingerprint density at radius 3 is 2.10 bits per heavy atom. The third kappa shape index (κ3) is 7.73. The van der Waals surface area contributed by atoms with E-state index in [4.69, 9.17) is 14.7 Å². The predicted molar refractivity (Wildman–Crippen MR) is 112 cm³/mol. The van der Waals surface area contributed by atoms with Crippen LogP contribution < -0.4 is 13.7 Å². The van der Waals surface area contributed by atoms with Gasteiger partial charge in [-0.05, 0) is 6.42 Å². The van der Waals surface area contributed by atoms with Gasteiger partial charge in [0.1, 0.15) is 0 Å². The zero-order chi connectivity index (χ0) is 21.8. The SMILES string of the molecule is CCC(C)C(=O)OCCCCCCOc1cc[c]([Co](=[O])[c]2ccc(C#N)cc2)cc1. The van der Waals surface area contributed by atoms with Gasteiger partial charge in [-0.25, -0.2) is 0 Å². The molecule has 1 atom stereocenters. The molecule has 0 amide bonds. The van der Waals surface area contributed by atoms with Crippen molar-refractivity contribution in [1.29, 1.82) is 5.26 Å². The first kappa shape index (κ1) is 23.8. The van der Waals surface area contributed by atoms with Gasteiger partial charge in [0.25, 0.3) is 0 Å². The van der Waals surface area contributed by atoms with Crippen LogP contribution in [0, 0.1) is 17.2 Å². The number of nitriles is 1. The summed E-state index contributed by atoms with van der Waals surface area (Å²) < 4.78 is 25.0. The van der Waals surface area contributed by atoms with Gasteiger partial charge in [0.05, 0.1) is 5.92 Å². The molecule has 0 heterocycles. The van der Waals surface area contributed by atoms with E-state index in [-0.39, 0.29) is 11.9 Å². The van der Waals surface area contributed by atoms with Crippen LogP contribution in [0.5, 0.6) is 5.75 Å². The van der Waals surface area contributed by atoms with Gasteiger partial charge in [-0.3, -0.25) is 4.79 Å². The zero-order valence-corrected chi connectivity index (χ0v) is 18.6. The predicted octanol–water partition coefficient (Wildman–Crippen LogP) is 4.00. The van der Waals surface area contributed by atoms with Crippen molar-refractivity contribution < 1.29 is 31.7 Å². The zero-order valence-electron chi connectivity index (χ0n) is 17.6. The first-order valence-electron chi connectivity index (χ1n) is 10.3. The fraction of sp³-hybridized carbons (Fsp3) is 0.417. The Labute approximate surface area is 183 Å². The van der Waals surface area contributed by atoms with Gasteiger partial charge in [-0.15, -0.1) is 0 Å². The standard InChI is InChI=1S/C17H25O3.C7H4N.Co.O/c1-3-15(2)17(18)20-14-10-5-4-9-13-19-16-11-7-6-8-12-16;8-6-7-4-2-1-3-5-7;;/h7-8,11-12,15H,3-5,9-10,13-14H2,1-2H3;2-5H;;. The molecule has 0 saturated carbocycles. The number of hydrogen-bond acceptors (Lipinski definition) is 5. The Morgan fingerprint density at radius 2 is 1.53 bits per heavy atom. The first-order chi connectivity index (χ1) is 14.5. The monoisotopic (exact) mass is 454 g/mol. The van der Waals surface area contributed by atoms with Crippen LogP contribution in [-0.2, 0) is 27.0 Å². The summed E-state index contributed by atoms with van der Waals surface area (Å²) in [5.74, 6) is 0.626. The molecule has 0 N–H and O–H groups in total. The number of nitrogens with zero attached hydrogens (tertiary/aromatic N) is 1. The fourth-order valence-electron chi connectivity index (χ4n) is 2.58. The fourth-order valence-corrected chi connectivity index (χ4v) is 3.91. The third-order valence-corrected chi connectivity index (χ3v) is 6.46. The minimum absolute atomic E-state index is 0.0213. The molecule has 0 bridgehead atoms. The van der Waals surface area contributed by atoms with E-state index in [0.29, 0.717) is 23.3 Å². The first-order valence-corrected chi connectivity index (χ1v) is 11.7. The van der Waals surface area contributed by atoms with Gasteiger partial charge in [-0.1, -0.05) is 13.8 Å². The average molecular weight is 454 g/mol. The number of carbonyl (C=O) groups is 1. The summed E-state index contributed by atoms with van der Waals surface area (Å²) in [6, 6.07) is 16.2. The minimum atomic E-state index is -1.66. The van der Waals surface area contributed by atoms with E-state index in [1.165, 1.54) is 0 Å². The number of rotatable bonds is 12. The number of benzene rings is 2. The van der Waals surface area contributed by atoms with Crippen LogP contribution in [0.4, 0.5) is 0 Å². The summed E-state index contributed by atoms with van der Waals surface area (Å²) in [4.78, 5) is 11.6. The molecule has 5 nitrogen and oxygen atoms in total. The molecule has 0 aliphatic heterocycles. The second-order valence-corrected chi connectivity index (χ2v) is 8.87. The van der Waals surface area contributed by atoms with Crippen molar-refractivity contribution in [2.75, 3.05) is 13.2 Å². The Balaban J connectivity index is 1.64. The Morgan fingerprint density at radius 1 is 0.967 bits per heavy atom. The molecule has 0 fully saturated rings. The van der Waals surface area contributed by atoms with E-state index >= 15 is 0 Å². The van der Waals surface area contributed by atoms with E-state index in [1.807, 2.05) is 38.1 Å². The summed E-state index contributed by atoms with van der Waals surface area (Å²) in [5.41, 5.74) is 0.553. The molecular formula is C24H29CoNO4. The van der Waals surface area contributed by atoms with Crippen LogP contribution in [-0.4, -0.2) is 19.2 Å². The molecule has 163 valence electrons. The number of unbranched alkanes of at least 4 members (excludes halogenated alkanes) is 3. The molecule has 0 saturated heterocycles. The maximum absolute atomic E-state index is 12.6. The van der Waals surface area contributed by atoms with Crippen LogP contribution in [0.3, 0.4) is 0 Å². The Kier molecular flexibility index (Phi) is 10.3. The van der Waals surface area contributed by atoms with Gasteiger partial charge in [0.15, 0.2) is 0 Å². The van der Waals surface area contributed by atoms with E-state index in [1.54, 1.807) is 24.3 Å². The van der Waals surface area contributed by atoms with Crippen molar-refractivity contribution in [1.82, 2.24) is 0 Å². The summed E-state index contributed by atoms with van der Waals surface area (Å²) >= 11 is -1.66. The molecule has 30 heavy (non-hydrogen) atoms. The topological polar surface area (TPSA) is 76.4 Å². The van der Waals surface area contributed by atoms with Gasteiger partial charge >= 0.3 is 152 Å². The van der Waals surface area contributed by atoms with Crippen LogP contribution in [0.25, 0.3) is 0 Å². The second-order valence-electron chi connectivity index (χ2n) is 6.98. The van der Waals surface area contributed by atoms with Gasteiger partial charge in [-0.2, -0.15) is 0 Å². The van der Waals surface area contributed by atoms with E-state index in [2.05, 4.69) is 6.07 Å². The summed E-state index contributed by atoms with van der Waals surface area (Å²) in [6.07, 6.45) is 4.63. The molecule has 6 heteroatoms. The summed E-state index contributed by atoms with van der Waals surface area (Å²) in [5, 5.41) is 8.85. The quantitative estimate of drug-likeness (QED) is 0.358. The third-order valence-electron chi connectivity index (χ3n) is 4.67. The van der Waals surface area contributed by atoms with E-state index in [9.17, 15) is 8.66 Å². The molecule has 0 aliphatic rings. The van der Waals surface area contributed by atoms with Crippen molar-refractivity contribution in [3.8, 4) is 11.8 Å². The van der Waals surface area contributed by atoms with Crippen LogP contribution >= 0.6 is 0 Å². The molecule has 0 aliphatic carbocycles. The van der Waals surface area contributed by atoms with Crippen LogP contribution in [0.1, 0.15) is 51.5 Å². The van der Waals surface area contributed by atoms with Crippen LogP contribution in [0.2, 0.25) is 0 Å². The van der Waals surface area contributed by atoms with E-state index < -0.39 is 13.6 Å². The second kappa shape index (κ2) is 12.9. The molecule has 2 aromatic rings. The molecule has 1 unspecified atom stereocenters. The molecule has 0 spiro atoms. The normalized spacial score (nSPS) is 12.0. The number of carbonyl (C=O) groups excluding carboxylic acids is 1. The Bertz CT molecular complexity index is 856. The summed E-state index contributed by atoms with van der Waals surface area (Å²) in [7, 11) is 0. The number of esters is 1. The van der Waals surface area contributed by atoms with Gasteiger partial charge in [0.2, 0.25) is 0 Å². The van der Waals surface area contributed by atoms with Crippen LogP contribution in [0.15, 0.2) is 48.5 Å². The number of ether oxygens (including phenoxy) is 2. The van der Waals surface area contributed by atoms with Crippen molar-refractivity contribution in [3.05, 3.63) is 54.1 Å². The maximum atomic E-state index is 12.6. The molecule has 0 aromatic heterocycles. The van der Waals surface area contributed by atoms with E-state index in [0.717, 1.165) is 42.4 Å². The molecule has 2 rings (SSSR count).